The van der Waals surface area contributed by atoms with Gasteiger partial charge in [0.2, 0.25) is 5.13 Å². The fourth-order valence-electron chi connectivity index (χ4n) is 2.59. The van der Waals surface area contributed by atoms with Crippen LogP contribution in [0.2, 0.25) is 0 Å². The zero-order chi connectivity index (χ0) is 13.1. The van der Waals surface area contributed by atoms with E-state index in [-0.39, 0.29) is 0 Å². The molecule has 3 rings (SSSR count). The first-order chi connectivity index (χ1) is 9.38. The number of nitrogens with one attached hydrogen (secondary N) is 1. The van der Waals surface area contributed by atoms with E-state index in [9.17, 15) is 0 Å². The minimum absolute atomic E-state index is 0.567. The molecule has 2 aliphatic rings. The van der Waals surface area contributed by atoms with Gasteiger partial charge in [0.1, 0.15) is 5.82 Å². The Morgan fingerprint density at radius 3 is 3.11 bits per heavy atom. The Balaban J connectivity index is 1.55. The van der Waals surface area contributed by atoms with Crippen molar-refractivity contribution >= 4 is 16.7 Å². The van der Waals surface area contributed by atoms with Gasteiger partial charge in [-0.1, -0.05) is 0 Å². The molecule has 1 atom stereocenters. The van der Waals surface area contributed by atoms with Crippen LogP contribution in [0, 0.1) is 0 Å². The van der Waals surface area contributed by atoms with Crippen LogP contribution in [0.1, 0.15) is 37.4 Å². The Morgan fingerprint density at radius 1 is 1.42 bits per heavy atom. The lowest BCUT2D eigenvalue weighted by Crippen LogP contribution is -2.38. The molecule has 0 spiro atoms. The van der Waals surface area contributed by atoms with Gasteiger partial charge in [-0.3, -0.25) is 0 Å². The van der Waals surface area contributed by atoms with Crippen molar-refractivity contribution in [2.45, 2.75) is 37.6 Å². The van der Waals surface area contributed by atoms with Gasteiger partial charge in [0.05, 0.1) is 6.61 Å². The van der Waals surface area contributed by atoms with Gasteiger partial charge >= 0.3 is 0 Å². The van der Waals surface area contributed by atoms with E-state index >= 15 is 0 Å². The van der Waals surface area contributed by atoms with Crippen molar-refractivity contribution in [3.05, 3.63) is 5.82 Å². The standard InChI is InChI=1S/C13H22N4OS/c1-18-8-6-14-9-11-3-2-7-17(11)13-15-12(16-19-13)10-4-5-10/h10-11,14H,2-9H2,1H3. The van der Waals surface area contributed by atoms with E-state index in [0.29, 0.717) is 12.0 Å². The van der Waals surface area contributed by atoms with Crippen LogP contribution in [0.25, 0.3) is 0 Å². The van der Waals surface area contributed by atoms with E-state index in [0.717, 1.165) is 37.2 Å². The van der Waals surface area contributed by atoms with E-state index in [2.05, 4.69) is 14.6 Å². The van der Waals surface area contributed by atoms with Gasteiger partial charge in [-0.2, -0.15) is 4.37 Å². The van der Waals surface area contributed by atoms with Crippen molar-refractivity contribution < 1.29 is 4.74 Å². The van der Waals surface area contributed by atoms with Gasteiger partial charge in [-0.25, -0.2) is 4.98 Å². The number of hydrogen-bond donors (Lipinski definition) is 1. The number of hydrogen-bond acceptors (Lipinski definition) is 6. The van der Waals surface area contributed by atoms with Gasteiger partial charge in [-0.05, 0) is 25.7 Å². The second kappa shape index (κ2) is 6.15. The molecule has 0 aromatic carbocycles. The molecule has 1 saturated carbocycles. The summed E-state index contributed by atoms with van der Waals surface area (Å²) < 4.78 is 9.57. The first kappa shape index (κ1) is 13.3. The van der Waals surface area contributed by atoms with Crippen molar-refractivity contribution in [1.82, 2.24) is 14.7 Å². The van der Waals surface area contributed by atoms with Crippen LogP contribution in [0.15, 0.2) is 0 Å². The summed E-state index contributed by atoms with van der Waals surface area (Å²) in [6.45, 7) is 3.83. The molecule has 5 nitrogen and oxygen atoms in total. The maximum atomic E-state index is 5.06. The third-order valence-corrected chi connectivity index (χ3v) is 4.63. The highest BCUT2D eigenvalue weighted by Crippen LogP contribution is 2.40. The van der Waals surface area contributed by atoms with Crippen molar-refractivity contribution in [3.63, 3.8) is 0 Å². The minimum Gasteiger partial charge on any atom is -0.383 e. The Morgan fingerprint density at radius 2 is 2.32 bits per heavy atom. The first-order valence-corrected chi connectivity index (χ1v) is 7.95. The molecule has 1 aromatic heterocycles. The van der Waals surface area contributed by atoms with Gasteiger partial charge in [0.15, 0.2) is 0 Å². The zero-order valence-corrected chi connectivity index (χ0v) is 12.3. The maximum Gasteiger partial charge on any atom is 0.205 e. The molecule has 6 heteroatoms. The molecule has 0 radical (unpaired) electrons. The summed E-state index contributed by atoms with van der Waals surface area (Å²) in [7, 11) is 1.74. The normalized spacial score (nSPS) is 23.2. The second-order valence-corrected chi connectivity index (χ2v) is 6.13. The lowest BCUT2D eigenvalue weighted by Gasteiger charge is -2.23. The number of aromatic nitrogens is 2. The summed E-state index contributed by atoms with van der Waals surface area (Å²) in [6, 6.07) is 0.567. The fraction of sp³-hybridized carbons (Fsp3) is 0.846. The topological polar surface area (TPSA) is 50.3 Å². The number of ether oxygens (including phenoxy) is 1. The van der Waals surface area contributed by atoms with Crippen LogP contribution in [-0.2, 0) is 4.74 Å². The summed E-state index contributed by atoms with van der Waals surface area (Å²) in [5, 5.41) is 4.58. The Bertz CT molecular complexity index is 407. The van der Waals surface area contributed by atoms with E-state index in [4.69, 9.17) is 9.72 Å². The molecule has 0 amide bonds. The fourth-order valence-corrected chi connectivity index (χ4v) is 3.44. The monoisotopic (exact) mass is 282 g/mol. The molecule has 1 aliphatic heterocycles. The Hall–Kier alpha value is -0.720. The highest BCUT2D eigenvalue weighted by atomic mass is 32.1. The van der Waals surface area contributed by atoms with Crippen LogP contribution in [0.5, 0.6) is 0 Å². The number of nitrogens with zero attached hydrogens (tertiary/aromatic N) is 3. The first-order valence-electron chi connectivity index (χ1n) is 7.18. The highest BCUT2D eigenvalue weighted by molar-refractivity contribution is 7.09. The summed E-state index contributed by atoms with van der Waals surface area (Å²) in [4.78, 5) is 7.16. The Labute approximate surface area is 118 Å². The second-order valence-electron chi connectivity index (χ2n) is 5.40. The van der Waals surface area contributed by atoms with E-state index in [1.165, 1.54) is 25.7 Å². The maximum absolute atomic E-state index is 5.06. The van der Waals surface area contributed by atoms with Gasteiger partial charge in [0.25, 0.3) is 0 Å². The highest BCUT2D eigenvalue weighted by Gasteiger charge is 2.31. The molecule has 1 saturated heterocycles. The quantitative estimate of drug-likeness (QED) is 0.770. The predicted octanol–water partition coefficient (Wildman–Crippen LogP) is 1.62. The van der Waals surface area contributed by atoms with Crippen LogP contribution in [0.3, 0.4) is 0 Å². The third-order valence-electron chi connectivity index (χ3n) is 3.86. The van der Waals surface area contributed by atoms with Crippen molar-refractivity contribution in [3.8, 4) is 0 Å². The average Bonchev–Trinajstić information content (AvgIpc) is 2.99. The van der Waals surface area contributed by atoms with Gasteiger partial charge in [-0.15, -0.1) is 0 Å². The molecule has 1 aliphatic carbocycles. The summed E-state index contributed by atoms with van der Waals surface area (Å²) in [6.07, 6.45) is 5.06. The van der Waals surface area contributed by atoms with Crippen LogP contribution < -0.4 is 10.2 Å². The van der Waals surface area contributed by atoms with Crippen molar-refractivity contribution in [2.24, 2.45) is 0 Å². The molecule has 0 bridgehead atoms. The predicted molar refractivity (Wildman–Crippen MR) is 77.0 cm³/mol. The Kier molecular flexibility index (Phi) is 4.30. The van der Waals surface area contributed by atoms with Crippen LogP contribution >= 0.6 is 11.5 Å². The molecule has 106 valence electrons. The molecule has 2 fully saturated rings. The largest absolute Gasteiger partial charge is 0.383 e. The molecule has 1 N–H and O–H groups in total. The molecule has 2 heterocycles. The molecule has 1 aromatic rings. The SMILES string of the molecule is COCCNCC1CCCN1c1nc(C2CC2)ns1. The molecule has 1 unspecified atom stereocenters. The van der Waals surface area contributed by atoms with Crippen LogP contribution in [0.4, 0.5) is 5.13 Å². The average molecular weight is 282 g/mol. The molecular weight excluding hydrogens is 260 g/mol. The lowest BCUT2D eigenvalue weighted by molar-refractivity contribution is 0.199. The number of anilines is 1. The summed E-state index contributed by atoms with van der Waals surface area (Å²) in [5.41, 5.74) is 0. The summed E-state index contributed by atoms with van der Waals surface area (Å²) in [5.74, 6) is 1.74. The van der Waals surface area contributed by atoms with E-state index in [1.807, 2.05) is 0 Å². The van der Waals surface area contributed by atoms with Gasteiger partial charge in [0, 0.05) is 50.2 Å². The minimum atomic E-state index is 0.567. The third kappa shape index (κ3) is 3.24. The van der Waals surface area contributed by atoms with Crippen molar-refractivity contribution in [2.75, 3.05) is 38.3 Å². The lowest BCUT2D eigenvalue weighted by atomic mass is 10.2. The van der Waals surface area contributed by atoms with E-state index < -0.39 is 0 Å². The smallest absolute Gasteiger partial charge is 0.205 e. The van der Waals surface area contributed by atoms with Crippen molar-refractivity contribution in [1.29, 1.82) is 0 Å². The van der Waals surface area contributed by atoms with E-state index in [1.54, 1.807) is 18.6 Å². The zero-order valence-electron chi connectivity index (χ0n) is 11.5. The van der Waals surface area contributed by atoms with Crippen LogP contribution in [-0.4, -0.2) is 48.8 Å². The number of methoxy groups -OCH3 is 1. The number of rotatable bonds is 7. The molecule has 19 heavy (non-hydrogen) atoms. The molecular formula is C13H22N4OS. The summed E-state index contributed by atoms with van der Waals surface area (Å²) >= 11 is 1.57. The van der Waals surface area contributed by atoms with Gasteiger partial charge < -0.3 is 15.0 Å².